The molecule has 0 atom stereocenters. The summed E-state index contributed by atoms with van der Waals surface area (Å²) in [6.45, 7) is 2.12. The van der Waals surface area contributed by atoms with Crippen LogP contribution in [0.3, 0.4) is 0 Å². The standard InChI is InChI=1S/C52H34N4.C39H24N2.C18H14N.C11H8N.C9H7NO.Ir.Li/c1-3-15-35(16-4-1)36-27-29-37(30-28-36)46-34-47(54-52(53-46)38-17-5-2-6-18-38)39-31-40(55-48-23-11-7-19-42(48)43-20-8-12-24-49(43)55)33-41(32-39)56-50-25-13-9-21-44(50)45-22-10-14-26-51(45)56;1-2-10-25(11-3-1)28-22-23-29(32-15-7-6-14-31(28)32)27-19-20-33-34-21-18-26-12-4-5-13-30(26)38(34)39-40-35-16-8-9-17-36(35)41(39)37(33)24-27;1-14-12-18(16-10-6-3-7-11-16)19-13-17(14)15-8-4-2-5-9-15;1-2-6-10(7-3-1)11-8-4-5-9-12-11;11-8-5-1-3-7-4-2-6-10-9(7)8;;/h1-34H;1-24H;2-10,12-13H,1H3;1-6,8-9H;1-6,11H;;/q;;2*-1;;;+1/p-1. The van der Waals surface area contributed by atoms with Gasteiger partial charge in [0, 0.05) is 105 Å². The maximum atomic E-state index is 11.1. The second-order valence-corrected chi connectivity index (χ2v) is 34.4. The van der Waals surface area contributed by atoms with Gasteiger partial charge in [0.25, 0.3) is 0 Å². The van der Waals surface area contributed by atoms with Crippen LogP contribution < -0.4 is 24.0 Å². The Morgan fingerprint density at radius 3 is 1.28 bits per heavy atom. The minimum absolute atomic E-state index is 0. The van der Waals surface area contributed by atoms with Gasteiger partial charge in [-0.25, -0.2) is 15.0 Å². The van der Waals surface area contributed by atoms with Crippen LogP contribution in [-0.2, 0) is 20.1 Å². The third-order valence-corrected chi connectivity index (χ3v) is 25.9. The molecule has 0 spiro atoms. The summed E-state index contributed by atoms with van der Waals surface area (Å²) >= 11 is 0. The number of hydrogen-bond donors (Lipinski definition) is 0. The summed E-state index contributed by atoms with van der Waals surface area (Å²) < 4.78 is 7.16. The normalized spacial score (nSPS) is 11.1. The Morgan fingerprint density at radius 2 is 0.709 bits per heavy atom. The van der Waals surface area contributed by atoms with Crippen LogP contribution >= 0.6 is 0 Å². The maximum absolute atomic E-state index is 11.1. The molecule has 27 aromatic rings. The van der Waals surface area contributed by atoms with Crippen molar-refractivity contribution >= 4 is 114 Å². The predicted molar refractivity (Wildman–Crippen MR) is 574 cm³/mol. The van der Waals surface area contributed by atoms with E-state index in [0.29, 0.717) is 11.3 Å². The van der Waals surface area contributed by atoms with Gasteiger partial charge in [0.1, 0.15) is 5.65 Å². The van der Waals surface area contributed by atoms with Crippen LogP contribution in [0, 0.1) is 19.1 Å². The van der Waals surface area contributed by atoms with Crippen LogP contribution in [0.2, 0.25) is 0 Å². The molecule has 0 bridgehead atoms. The fraction of sp³-hybridized carbons (Fsp3) is 0.00775. The van der Waals surface area contributed by atoms with E-state index in [9.17, 15) is 5.11 Å². The molecule has 10 nitrogen and oxygen atoms in total. The van der Waals surface area contributed by atoms with E-state index in [4.69, 9.17) is 15.0 Å². The van der Waals surface area contributed by atoms with E-state index in [-0.39, 0.29) is 44.7 Å². The Hall–Kier alpha value is -17.4. The molecule has 141 heavy (non-hydrogen) atoms. The van der Waals surface area contributed by atoms with Crippen molar-refractivity contribution in [3.05, 3.63) is 522 Å². The van der Waals surface area contributed by atoms with Crippen LogP contribution in [0.4, 0.5) is 0 Å². The van der Waals surface area contributed by atoms with Gasteiger partial charge in [-0.05, 0) is 174 Å². The van der Waals surface area contributed by atoms with E-state index < -0.39 is 0 Å². The molecule has 0 aliphatic carbocycles. The summed E-state index contributed by atoms with van der Waals surface area (Å²) in [6, 6.07) is 175. The van der Waals surface area contributed by atoms with Crippen molar-refractivity contribution in [2.24, 2.45) is 0 Å². The maximum Gasteiger partial charge on any atom is 1.00 e. The SMILES string of the molecule is Cc1cc(-c2[c-]cccc2)ncc1-c1ccccc1.[Ir].[Li+].[O-]c1cccc2cccnc12.[c-]1ccccc1-c1ccccn1.c1ccc(-c2ccc(-c3cc(-c4cc(-n5c6ccccc6c6ccccc65)cc(-n5c6ccccc6c6ccccc65)c4)nc(-c4ccccc4)n3)cc2)cc1.c1ccc(-c2ccc(-c3ccc4c5ccc6ccccc6c5c5nc6ccccc6n5c4c3)c3ccccc23)cc1. The monoisotopic (exact) mass is 1980 g/mol. The molecule has 8 aromatic heterocycles. The van der Waals surface area contributed by atoms with Gasteiger partial charge in [0.05, 0.1) is 55.5 Å². The number of fused-ring (bicyclic) bond motifs is 18. The van der Waals surface area contributed by atoms with E-state index in [1.54, 1.807) is 18.5 Å². The molecule has 12 heteroatoms. The molecule has 0 aliphatic heterocycles. The van der Waals surface area contributed by atoms with Crippen LogP contribution in [0.1, 0.15) is 5.56 Å². The number of aryl methyl sites for hydroxylation is 1. The molecule has 27 rings (SSSR count). The predicted octanol–water partition coefficient (Wildman–Crippen LogP) is 29.2. The molecular weight excluding hydrogens is 1890 g/mol. The smallest absolute Gasteiger partial charge is 0.871 e. The van der Waals surface area contributed by atoms with E-state index >= 15 is 0 Å². The van der Waals surface area contributed by atoms with Crippen molar-refractivity contribution in [2.75, 3.05) is 0 Å². The Labute approximate surface area is 841 Å². The first-order valence-corrected chi connectivity index (χ1v) is 46.6. The van der Waals surface area contributed by atoms with Gasteiger partial charge < -0.3 is 24.2 Å². The van der Waals surface area contributed by atoms with Gasteiger partial charge in [0.2, 0.25) is 0 Å². The first-order valence-electron chi connectivity index (χ1n) is 46.6. The minimum atomic E-state index is -0.0110. The second kappa shape index (κ2) is 40.5. The Balaban J connectivity index is 0.000000119. The molecule has 0 saturated heterocycles. The third kappa shape index (κ3) is 18.0. The second-order valence-electron chi connectivity index (χ2n) is 34.4. The number of para-hydroxylation sites is 7. The molecule has 8 heterocycles. The summed E-state index contributed by atoms with van der Waals surface area (Å²) in [6.07, 6.45) is 5.36. The largest absolute Gasteiger partial charge is 1.00 e. The quantitative estimate of drug-likeness (QED) is 0.0720. The van der Waals surface area contributed by atoms with Crippen LogP contribution in [0.15, 0.2) is 504 Å². The Kier molecular flexibility index (Phi) is 25.9. The zero-order valence-electron chi connectivity index (χ0n) is 77.2. The van der Waals surface area contributed by atoms with Crippen LogP contribution in [0.5, 0.6) is 5.75 Å². The number of imidazole rings is 1. The number of pyridine rings is 4. The minimum Gasteiger partial charge on any atom is -0.871 e. The average molecular weight is 1980 g/mol. The molecule has 0 saturated carbocycles. The first-order chi connectivity index (χ1) is 68.8. The van der Waals surface area contributed by atoms with E-state index in [2.05, 4.69) is 393 Å². The van der Waals surface area contributed by atoms with Gasteiger partial charge >= 0.3 is 18.9 Å². The van der Waals surface area contributed by atoms with Crippen molar-refractivity contribution in [2.45, 2.75) is 6.92 Å². The Bertz CT molecular complexity index is 8930. The fourth-order valence-electron chi connectivity index (χ4n) is 19.4. The summed E-state index contributed by atoms with van der Waals surface area (Å²) in [7, 11) is 0. The number of benzene rings is 19. The van der Waals surface area contributed by atoms with Crippen molar-refractivity contribution in [1.29, 1.82) is 0 Å². The Morgan fingerprint density at radius 1 is 0.262 bits per heavy atom. The molecule has 0 unspecified atom stereocenters. The van der Waals surface area contributed by atoms with Gasteiger partial charge in [-0.15, -0.1) is 71.8 Å². The summed E-state index contributed by atoms with van der Waals surface area (Å²) in [5, 5.41) is 25.6. The molecule has 0 aliphatic rings. The van der Waals surface area contributed by atoms with Crippen molar-refractivity contribution in [1.82, 2.24) is 43.4 Å². The molecule has 0 fully saturated rings. The van der Waals surface area contributed by atoms with Gasteiger partial charge in [-0.3, -0.25) is 9.38 Å². The number of hydrogen-bond acceptors (Lipinski definition) is 7. The van der Waals surface area contributed by atoms with E-state index in [0.717, 1.165) is 106 Å². The summed E-state index contributed by atoms with van der Waals surface area (Å²) in [4.78, 5) is 28.5. The number of rotatable bonds is 11. The molecule has 1 radical (unpaired) electrons. The molecular formula is C129H86IrLiN9O-2. The van der Waals surface area contributed by atoms with Gasteiger partial charge in [-0.1, -0.05) is 364 Å². The van der Waals surface area contributed by atoms with Crippen LogP contribution in [0.25, 0.3) is 227 Å². The first kappa shape index (κ1) is 90.1. The van der Waals surface area contributed by atoms with Crippen LogP contribution in [-0.4, -0.2) is 43.4 Å². The number of nitrogens with zero attached hydrogens (tertiary/aromatic N) is 9. The summed E-state index contributed by atoms with van der Waals surface area (Å²) in [5.41, 5.74) is 31.3. The van der Waals surface area contributed by atoms with Crippen molar-refractivity contribution < 1.29 is 44.1 Å². The summed E-state index contributed by atoms with van der Waals surface area (Å²) in [5.74, 6) is 0.675. The van der Waals surface area contributed by atoms with E-state index in [1.807, 2.05) is 134 Å². The van der Waals surface area contributed by atoms with Crippen molar-refractivity contribution in [3.63, 3.8) is 0 Å². The zero-order chi connectivity index (χ0) is 92.9. The molecule has 0 amide bonds. The fourth-order valence-corrected chi connectivity index (χ4v) is 19.4. The van der Waals surface area contributed by atoms with Gasteiger partial charge in [0.15, 0.2) is 5.82 Å². The van der Waals surface area contributed by atoms with Gasteiger partial charge in [-0.2, -0.15) is 0 Å². The average Bonchev–Trinajstić information content (AvgIpc) is 1.62. The van der Waals surface area contributed by atoms with Crippen molar-refractivity contribution in [3.8, 4) is 118 Å². The third-order valence-electron chi connectivity index (χ3n) is 25.9. The molecule has 665 valence electrons. The molecule has 19 aromatic carbocycles. The number of aromatic nitrogens is 9. The topological polar surface area (TPSA) is 115 Å². The zero-order valence-corrected chi connectivity index (χ0v) is 79.6. The van der Waals surface area contributed by atoms with E-state index in [1.165, 1.54) is 121 Å². The molecule has 0 N–H and O–H groups in total.